The molecule has 0 bridgehead atoms. The number of carbonyl (C=O) groups is 1. The molecule has 1 N–H and O–H groups in total. The molecule has 1 aromatic carbocycles. The summed E-state index contributed by atoms with van der Waals surface area (Å²) in [4.78, 5) is 24.3. The number of nitrogens with zero attached hydrogens (tertiary/aromatic N) is 3. The third-order valence-corrected chi connectivity index (χ3v) is 3.51. The first kappa shape index (κ1) is 16.1. The highest BCUT2D eigenvalue weighted by atomic mass is 16.2. The molecule has 0 aliphatic heterocycles. The molecule has 6 heteroatoms. The van der Waals surface area contributed by atoms with Crippen LogP contribution >= 0.6 is 0 Å². The third kappa shape index (κ3) is 4.13. The van der Waals surface area contributed by atoms with E-state index in [-0.39, 0.29) is 24.1 Å². The molecule has 118 valence electrons. The third-order valence-electron chi connectivity index (χ3n) is 3.51. The van der Waals surface area contributed by atoms with Gasteiger partial charge in [-0.2, -0.15) is 0 Å². The minimum atomic E-state index is -0.296. The average Bonchev–Trinajstić information content (AvgIpc) is 2.48. The maximum atomic E-state index is 12.2. The van der Waals surface area contributed by atoms with E-state index in [9.17, 15) is 9.59 Å². The molecule has 0 unspecified atom stereocenters. The van der Waals surface area contributed by atoms with Gasteiger partial charge in [-0.15, -0.1) is 5.10 Å². The number of hydrogen-bond acceptors (Lipinski definition) is 4. The van der Waals surface area contributed by atoms with Crippen LogP contribution in [0.2, 0.25) is 0 Å². The molecule has 0 aliphatic rings. The summed E-state index contributed by atoms with van der Waals surface area (Å²) in [5.41, 5.74) is 0.241. The Balaban J connectivity index is 2.03. The second-order valence-electron chi connectivity index (χ2n) is 6.01. The smallest absolute Gasteiger partial charge is 0.278 e. The van der Waals surface area contributed by atoms with Crippen LogP contribution in [0, 0.1) is 5.92 Å². The van der Waals surface area contributed by atoms with Crippen LogP contribution in [0.3, 0.4) is 0 Å². The number of hydrogen-bond donors (Lipinski definition) is 1. The zero-order valence-electron chi connectivity index (χ0n) is 13.2. The van der Waals surface area contributed by atoms with Crippen molar-refractivity contribution in [3.63, 3.8) is 0 Å². The van der Waals surface area contributed by atoms with Crippen molar-refractivity contribution < 1.29 is 4.79 Å². The Hall–Kier alpha value is -2.24. The predicted octanol–water partition coefficient (Wildman–Crippen LogP) is 1.73. The van der Waals surface area contributed by atoms with Crippen molar-refractivity contribution in [2.75, 3.05) is 0 Å². The average molecular weight is 302 g/mol. The highest BCUT2D eigenvalue weighted by Gasteiger charge is 2.12. The fraction of sp³-hybridized carbons (Fsp3) is 0.500. The molecular weight excluding hydrogens is 280 g/mol. The van der Waals surface area contributed by atoms with Gasteiger partial charge in [-0.25, -0.2) is 4.68 Å². The van der Waals surface area contributed by atoms with Crippen molar-refractivity contribution in [1.29, 1.82) is 0 Å². The molecule has 0 saturated carbocycles. The quantitative estimate of drug-likeness (QED) is 0.881. The predicted molar refractivity (Wildman–Crippen MR) is 85.5 cm³/mol. The van der Waals surface area contributed by atoms with E-state index < -0.39 is 0 Å². The second-order valence-corrected chi connectivity index (χ2v) is 6.01. The number of rotatable bonds is 6. The van der Waals surface area contributed by atoms with Gasteiger partial charge in [0.15, 0.2) is 0 Å². The van der Waals surface area contributed by atoms with E-state index in [4.69, 9.17) is 0 Å². The monoisotopic (exact) mass is 302 g/mol. The van der Waals surface area contributed by atoms with Crippen LogP contribution in [-0.4, -0.2) is 26.9 Å². The molecule has 6 nitrogen and oxygen atoms in total. The van der Waals surface area contributed by atoms with Crippen molar-refractivity contribution in [2.24, 2.45) is 5.92 Å². The summed E-state index contributed by atoms with van der Waals surface area (Å²) in [7, 11) is 0. The lowest BCUT2D eigenvalue weighted by atomic mass is 10.0. The summed E-state index contributed by atoms with van der Waals surface area (Å²) < 4.78 is 1.10. The molecule has 2 aromatic rings. The summed E-state index contributed by atoms with van der Waals surface area (Å²) in [5.74, 6) is 0.385. The molecule has 22 heavy (non-hydrogen) atoms. The molecule has 1 aromatic heterocycles. The van der Waals surface area contributed by atoms with Gasteiger partial charge in [-0.1, -0.05) is 31.2 Å². The van der Waals surface area contributed by atoms with E-state index >= 15 is 0 Å². The molecule has 0 radical (unpaired) electrons. The van der Waals surface area contributed by atoms with Crippen LogP contribution in [0.5, 0.6) is 0 Å². The molecule has 0 fully saturated rings. The Kier molecular flexibility index (Phi) is 5.25. The summed E-state index contributed by atoms with van der Waals surface area (Å²) in [5, 5.41) is 11.2. The maximum Gasteiger partial charge on any atom is 0.278 e. The van der Waals surface area contributed by atoms with Crippen molar-refractivity contribution >= 4 is 16.8 Å². The first-order valence-corrected chi connectivity index (χ1v) is 7.59. The standard InChI is InChI=1S/C16H22N4O2/c1-11(2)8-9-12(3)17-15(21)10-20-16(22)13-6-4-5-7-14(13)18-19-20/h4-7,11-12H,8-10H2,1-3H3,(H,17,21)/t12-/m0/s1. The molecular formula is C16H22N4O2. The number of fused-ring (bicyclic) bond motifs is 1. The molecule has 1 amide bonds. The van der Waals surface area contributed by atoms with E-state index in [1.165, 1.54) is 0 Å². The summed E-state index contributed by atoms with van der Waals surface area (Å²) in [6.07, 6.45) is 1.97. The Labute approximate surface area is 129 Å². The van der Waals surface area contributed by atoms with Crippen molar-refractivity contribution in [2.45, 2.75) is 46.2 Å². The van der Waals surface area contributed by atoms with Crippen molar-refractivity contribution in [1.82, 2.24) is 20.3 Å². The molecule has 2 rings (SSSR count). The lowest BCUT2D eigenvalue weighted by molar-refractivity contribution is -0.122. The lowest BCUT2D eigenvalue weighted by Gasteiger charge is -2.15. The van der Waals surface area contributed by atoms with Gasteiger partial charge in [0, 0.05) is 6.04 Å². The van der Waals surface area contributed by atoms with Crippen LogP contribution in [0.1, 0.15) is 33.6 Å². The number of carbonyl (C=O) groups excluding carboxylic acids is 1. The Morgan fingerprint density at radius 2 is 1.95 bits per heavy atom. The van der Waals surface area contributed by atoms with Gasteiger partial charge in [0.1, 0.15) is 12.1 Å². The van der Waals surface area contributed by atoms with Crippen LogP contribution in [0.15, 0.2) is 29.1 Å². The fourth-order valence-electron chi connectivity index (χ4n) is 2.24. The van der Waals surface area contributed by atoms with E-state index in [1.807, 2.05) is 6.92 Å². The highest BCUT2D eigenvalue weighted by Crippen LogP contribution is 2.06. The number of amides is 1. The van der Waals surface area contributed by atoms with E-state index in [1.54, 1.807) is 24.3 Å². The van der Waals surface area contributed by atoms with Gasteiger partial charge >= 0.3 is 0 Å². The SMILES string of the molecule is CC(C)CC[C@H](C)NC(=O)Cn1nnc2ccccc2c1=O. The van der Waals surface area contributed by atoms with Crippen molar-refractivity contribution in [3.8, 4) is 0 Å². The maximum absolute atomic E-state index is 12.2. The second kappa shape index (κ2) is 7.15. The van der Waals surface area contributed by atoms with Crippen LogP contribution in [-0.2, 0) is 11.3 Å². The first-order chi connectivity index (χ1) is 10.5. The molecule has 0 saturated heterocycles. The van der Waals surface area contributed by atoms with Crippen LogP contribution < -0.4 is 10.9 Å². The highest BCUT2D eigenvalue weighted by molar-refractivity contribution is 5.78. The van der Waals surface area contributed by atoms with Gasteiger partial charge in [-0.05, 0) is 37.8 Å². The number of nitrogens with one attached hydrogen (secondary N) is 1. The largest absolute Gasteiger partial charge is 0.352 e. The molecule has 1 heterocycles. The van der Waals surface area contributed by atoms with Crippen LogP contribution in [0.4, 0.5) is 0 Å². The van der Waals surface area contributed by atoms with Crippen molar-refractivity contribution in [3.05, 3.63) is 34.6 Å². The Bertz CT molecular complexity index is 709. The number of benzene rings is 1. The molecule has 0 aliphatic carbocycles. The Morgan fingerprint density at radius 1 is 1.23 bits per heavy atom. The Morgan fingerprint density at radius 3 is 2.68 bits per heavy atom. The molecule has 1 atom stereocenters. The van der Waals surface area contributed by atoms with Gasteiger partial charge in [-0.3, -0.25) is 9.59 Å². The number of aromatic nitrogens is 3. The normalized spacial score (nSPS) is 12.5. The summed E-state index contributed by atoms with van der Waals surface area (Å²) >= 11 is 0. The lowest BCUT2D eigenvalue weighted by Crippen LogP contribution is -2.38. The van der Waals surface area contributed by atoms with Crippen LogP contribution in [0.25, 0.3) is 10.9 Å². The fourth-order valence-corrected chi connectivity index (χ4v) is 2.24. The zero-order valence-corrected chi connectivity index (χ0v) is 13.2. The topological polar surface area (TPSA) is 76.9 Å². The minimum Gasteiger partial charge on any atom is -0.352 e. The van der Waals surface area contributed by atoms with E-state index in [0.29, 0.717) is 16.8 Å². The van der Waals surface area contributed by atoms with E-state index in [0.717, 1.165) is 17.5 Å². The van der Waals surface area contributed by atoms with E-state index in [2.05, 4.69) is 29.5 Å². The van der Waals surface area contributed by atoms with Gasteiger partial charge in [0.05, 0.1) is 5.39 Å². The molecule has 0 spiro atoms. The minimum absolute atomic E-state index is 0.0824. The zero-order chi connectivity index (χ0) is 16.1. The van der Waals surface area contributed by atoms with Gasteiger partial charge in [0.25, 0.3) is 5.56 Å². The van der Waals surface area contributed by atoms with Gasteiger partial charge < -0.3 is 5.32 Å². The first-order valence-electron chi connectivity index (χ1n) is 7.59. The summed E-state index contributed by atoms with van der Waals surface area (Å²) in [6.45, 7) is 6.16. The van der Waals surface area contributed by atoms with Gasteiger partial charge in [0.2, 0.25) is 5.91 Å². The summed E-state index contributed by atoms with van der Waals surface area (Å²) in [6, 6.07) is 7.06.